The van der Waals surface area contributed by atoms with Crippen LogP contribution in [-0.2, 0) is 5.75 Å². The van der Waals surface area contributed by atoms with Crippen molar-refractivity contribution in [3.8, 4) is 11.6 Å². The van der Waals surface area contributed by atoms with E-state index >= 15 is 0 Å². The van der Waals surface area contributed by atoms with E-state index in [0.29, 0.717) is 11.1 Å². The van der Waals surface area contributed by atoms with Gasteiger partial charge in [0.05, 0.1) is 0 Å². The zero-order chi connectivity index (χ0) is 13.1. The van der Waals surface area contributed by atoms with Crippen molar-refractivity contribution in [2.75, 3.05) is 0 Å². The summed E-state index contributed by atoms with van der Waals surface area (Å²) in [5.74, 6) is 1.24. The number of nitrogens with one attached hydrogen (secondary N) is 1. The first-order valence-electron chi connectivity index (χ1n) is 5.66. The first kappa shape index (κ1) is 12.3. The summed E-state index contributed by atoms with van der Waals surface area (Å²) in [6, 6.07) is 11.5. The van der Waals surface area contributed by atoms with Crippen LogP contribution in [0.1, 0.15) is 5.56 Å². The molecule has 0 radical (unpaired) electrons. The predicted octanol–water partition coefficient (Wildman–Crippen LogP) is 4.01. The second-order valence-corrected chi connectivity index (χ2v) is 5.24. The van der Waals surface area contributed by atoms with Crippen molar-refractivity contribution in [2.24, 2.45) is 0 Å². The molecule has 6 heteroatoms. The van der Waals surface area contributed by atoms with Gasteiger partial charge in [0.15, 0.2) is 0 Å². The maximum absolute atomic E-state index is 5.93. The van der Waals surface area contributed by atoms with Gasteiger partial charge >= 0.3 is 0 Å². The van der Waals surface area contributed by atoms with Crippen molar-refractivity contribution in [3.05, 3.63) is 53.2 Å². The molecule has 0 saturated carbocycles. The molecule has 96 valence electrons. The van der Waals surface area contributed by atoms with Crippen LogP contribution < -0.4 is 0 Å². The molecule has 0 spiro atoms. The molecule has 19 heavy (non-hydrogen) atoms. The molecule has 0 saturated heterocycles. The Morgan fingerprint density at radius 1 is 1.21 bits per heavy atom. The van der Waals surface area contributed by atoms with Gasteiger partial charge < -0.3 is 9.40 Å². The van der Waals surface area contributed by atoms with Crippen LogP contribution in [0.3, 0.4) is 0 Å². The third kappa shape index (κ3) is 3.00. The second-order valence-electron chi connectivity index (χ2n) is 3.88. The number of benzene rings is 1. The van der Waals surface area contributed by atoms with Crippen molar-refractivity contribution in [1.82, 2.24) is 15.2 Å². The number of aromatic amines is 1. The maximum atomic E-state index is 5.93. The molecule has 1 N–H and O–H groups in total. The lowest BCUT2D eigenvalue weighted by atomic mass is 10.2. The molecule has 0 unspecified atom stereocenters. The molecule has 1 aromatic carbocycles. The molecule has 0 aliphatic heterocycles. The van der Waals surface area contributed by atoms with E-state index in [1.54, 1.807) is 0 Å². The van der Waals surface area contributed by atoms with Gasteiger partial charge in [-0.15, -0.1) is 10.2 Å². The Bertz CT molecular complexity index is 666. The standard InChI is InChI=1S/C13H10ClN3OS/c14-10-4-1-3-9(7-10)8-19-13-17-16-12(18-13)11-5-2-6-15-11/h1-7,15H,8H2. The van der Waals surface area contributed by atoms with E-state index in [9.17, 15) is 0 Å². The van der Waals surface area contributed by atoms with Crippen LogP contribution in [0.25, 0.3) is 11.6 Å². The Labute approximate surface area is 119 Å². The molecular formula is C13H10ClN3OS. The van der Waals surface area contributed by atoms with Crippen LogP contribution in [-0.4, -0.2) is 15.2 Å². The second kappa shape index (κ2) is 5.50. The van der Waals surface area contributed by atoms with Gasteiger partial charge in [-0.3, -0.25) is 0 Å². The Morgan fingerprint density at radius 2 is 2.16 bits per heavy atom. The normalized spacial score (nSPS) is 10.8. The summed E-state index contributed by atoms with van der Waals surface area (Å²) in [5.41, 5.74) is 1.94. The van der Waals surface area contributed by atoms with Crippen molar-refractivity contribution in [2.45, 2.75) is 11.0 Å². The highest BCUT2D eigenvalue weighted by molar-refractivity contribution is 7.98. The average molecular weight is 292 g/mol. The number of rotatable bonds is 4. The van der Waals surface area contributed by atoms with Crippen LogP contribution >= 0.6 is 23.4 Å². The first-order chi connectivity index (χ1) is 9.31. The average Bonchev–Trinajstić information content (AvgIpc) is 3.07. The molecule has 0 bridgehead atoms. The lowest BCUT2D eigenvalue weighted by Crippen LogP contribution is -1.80. The number of nitrogens with zero attached hydrogens (tertiary/aromatic N) is 2. The molecule has 3 aromatic rings. The van der Waals surface area contributed by atoms with E-state index in [0.717, 1.165) is 22.0 Å². The van der Waals surface area contributed by atoms with E-state index in [2.05, 4.69) is 15.2 Å². The SMILES string of the molecule is Clc1cccc(CSc2nnc(-c3ccc[nH]3)o2)c1. The minimum Gasteiger partial charge on any atom is -0.410 e. The van der Waals surface area contributed by atoms with Gasteiger partial charge in [0, 0.05) is 17.0 Å². The van der Waals surface area contributed by atoms with Gasteiger partial charge in [-0.25, -0.2) is 0 Å². The van der Waals surface area contributed by atoms with Crippen molar-refractivity contribution in [3.63, 3.8) is 0 Å². The van der Waals surface area contributed by atoms with Crippen LogP contribution in [0.4, 0.5) is 0 Å². The quantitative estimate of drug-likeness (QED) is 0.738. The Morgan fingerprint density at radius 3 is 2.95 bits per heavy atom. The number of hydrogen-bond acceptors (Lipinski definition) is 4. The zero-order valence-corrected chi connectivity index (χ0v) is 11.4. The molecule has 0 fully saturated rings. The number of thioether (sulfide) groups is 1. The fourth-order valence-electron chi connectivity index (χ4n) is 1.61. The fraction of sp³-hybridized carbons (Fsp3) is 0.0769. The minimum absolute atomic E-state index is 0.499. The van der Waals surface area contributed by atoms with Crippen LogP contribution in [0.5, 0.6) is 0 Å². The molecule has 2 aromatic heterocycles. The smallest absolute Gasteiger partial charge is 0.277 e. The topological polar surface area (TPSA) is 54.7 Å². The van der Waals surface area contributed by atoms with E-state index in [1.807, 2.05) is 42.6 Å². The molecule has 0 atom stereocenters. The third-order valence-electron chi connectivity index (χ3n) is 2.49. The molecule has 4 nitrogen and oxygen atoms in total. The molecule has 0 aliphatic rings. The summed E-state index contributed by atoms with van der Waals surface area (Å²) < 4.78 is 5.56. The highest BCUT2D eigenvalue weighted by Gasteiger charge is 2.09. The predicted molar refractivity (Wildman–Crippen MR) is 75.1 cm³/mol. The lowest BCUT2D eigenvalue weighted by Gasteiger charge is -1.98. The van der Waals surface area contributed by atoms with Crippen molar-refractivity contribution < 1.29 is 4.42 Å². The van der Waals surface area contributed by atoms with Gasteiger partial charge in [0.2, 0.25) is 0 Å². The summed E-state index contributed by atoms with van der Waals surface area (Å²) in [5, 5.41) is 9.27. The summed E-state index contributed by atoms with van der Waals surface area (Å²) in [4.78, 5) is 3.03. The van der Waals surface area contributed by atoms with E-state index in [4.69, 9.17) is 16.0 Å². The Balaban J connectivity index is 1.68. The van der Waals surface area contributed by atoms with Gasteiger partial charge in [-0.2, -0.15) is 0 Å². The van der Waals surface area contributed by atoms with Gasteiger partial charge in [0.1, 0.15) is 5.69 Å². The first-order valence-corrected chi connectivity index (χ1v) is 7.02. The number of halogens is 1. The molecule has 0 amide bonds. The van der Waals surface area contributed by atoms with Crippen molar-refractivity contribution in [1.29, 1.82) is 0 Å². The zero-order valence-electron chi connectivity index (χ0n) is 9.84. The summed E-state index contributed by atoms with van der Waals surface area (Å²) in [6.07, 6.45) is 1.82. The lowest BCUT2D eigenvalue weighted by molar-refractivity contribution is 0.464. The summed E-state index contributed by atoms with van der Waals surface area (Å²) in [7, 11) is 0. The molecule has 3 rings (SSSR count). The van der Waals surface area contributed by atoms with Gasteiger partial charge in [-0.05, 0) is 29.8 Å². The molecule has 0 aliphatic carbocycles. The molecule has 2 heterocycles. The number of H-pyrrole nitrogens is 1. The summed E-state index contributed by atoms with van der Waals surface area (Å²) in [6.45, 7) is 0. The monoisotopic (exact) mass is 291 g/mol. The molecular weight excluding hydrogens is 282 g/mol. The highest BCUT2D eigenvalue weighted by atomic mass is 35.5. The van der Waals surface area contributed by atoms with Crippen LogP contribution in [0.15, 0.2) is 52.2 Å². The van der Waals surface area contributed by atoms with E-state index in [-0.39, 0.29) is 0 Å². The fourth-order valence-corrected chi connectivity index (χ4v) is 2.53. The van der Waals surface area contributed by atoms with E-state index < -0.39 is 0 Å². The Hall–Kier alpha value is -1.72. The minimum atomic E-state index is 0.499. The summed E-state index contributed by atoms with van der Waals surface area (Å²) >= 11 is 7.42. The van der Waals surface area contributed by atoms with Crippen LogP contribution in [0.2, 0.25) is 5.02 Å². The van der Waals surface area contributed by atoms with Crippen molar-refractivity contribution >= 4 is 23.4 Å². The third-order valence-corrected chi connectivity index (χ3v) is 3.61. The van der Waals surface area contributed by atoms with Gasteiger partial charge in [0.25, 0.3) is 11.1 Å². The number of hydrogen-bond donors (Lipinski definition) is 1. The van der Waals surface area contributed by atoms with Gasteiger partial charge in [-0.1, -0.05) is 35.5 Å². The Kier molecular flexibility index (Phi) is 3.57. The number of aromatic nitrogens is 3. The van der Waals surface area contributed by atoms with E-state index in [1.165, 1.54) is 11.8 Å². The largest absolute Gasteiger partial charge is 0.410 e. The highest BCUT2D eigenvalue weighted by Crippen LogP contribution is 2.25. The van der Waals surface area contributed by atoms with Crippen LogP contribution in [0, 0.1) is 0 Å². The maximum Gasteiger partial charge on any atom is 0.277 e.